The van der Waals surface area contributed by atoms with Crippen LogP contribution < -0.4 is 10.6 Å². The summed E-state index contributed by atoms with van der Waals surface area (Å²) in [4.78, 5) is 13.2. The molecular weight excluding hydrogens is 458 g/mol. The highest BCUT2D eigenvalue weighted by Crippen LogP contribution is 2.42. The van der Waals surface area contributed by atoms with Gasteiger partial charge in [-0.15, -0.1) is 0 Å². The number of amides is 1. The Morgan fingerprint density at radius 1 is 1.06 bits per heavy atom. The van der Waals surface area contributed by atoms with Gasteiger partial charge in [-0.25, -0.2) is 8.78 Å². The summed E-state index contributed by atoms with van der Waals surface area (Å²) in [5.41, 5.74) is 6.99. The summed E-state index contributed by atoms with van der Waals surface area (Å²) in [6.45, 7) is 5.72. The third-order valence-electron chi connectivity index (χ3n) is 6.52. The first-order valence-corrected chi connectivity index (χ1v) is 12.0. The number of benzene rings is 3. The van der Waals surface area contributed by atoms with Crippen molar-refractivity contribution in [3.63, 3.8) is 0 Å². The first kappa shape index (κ1) is 25.2. The fourth-order valence-electron chi connectivity index (χ4n) is 4.56. The number of allylic oxidation sites excluding steroid dienone is 1. The van der Waals surface area contributed by atoms with Crippen LogP contribution in [-0.4, -0.2) is 26.4 Å². The van der Waals surface area contributed by atoms with E-state index >= 15 is 0 Å². The average molecular weight is 489 g/mol. The molecule has 0 radical (unpaired) electrons. The maximum Gasteiger partial charge on any atom is 0.251 e. The molecule has 1 aliphatic rings. The smallest absolute Gasteiger partial charge is 0.251 e. The molecule has 1 atom stereocenters. The van der Waals surface area contributed by atoms with E-state index in [2.05, 4.69) is 17.2 Å². The Kier molecular flexibility index (Phi) is 7.53. The van der Waals surface area contributed by atoms with Gasteiger partial charge in [-0.3, -0.25) is 4.79 Å². The standard InChI is InChI=1S/C30H30F2N2O2/c1-5-28(32)34-27-16-22-11-14-24(19-9-12-23(31)13-10-19)29(30(35)33-3)26(22)17-25(27)21-8-6-7-20(15-21)18(2)36-4/h6-10,12-13,15-17,28,34H,2,5,11,14H2,1,3-4H3,(H,33,35). The van der Waals surface area contributed by atoms with Crippen LogP contribution in [0.3, 0.4) is 0 Å². The van der Waals surface area contributed by atoms with Gasteiger partial charge < -0.3 is 15.4 Å². The molecule has 1 aliphatic carbocycles. The average Bonchev–Trinajstić information content (AvgIpc) is 2.91. The lowest BCUT2D eigenvalue weighted by Gasteiger charge is -2.26. The number of fused-ring (bicyclic) bond motifs is 1. The normalized spacial score (nSPS) is 13.6. The molecule has 2 N–H and O–H groups in total. The highest BCUT2D eigenvalue weighted by molar-refractivity contribution is 6.28. The number of hydrogen-bond acceptors (Lipinski definition) is 3. The molecular formula is C30H30F2N2O2. The molecule has 4 rings (SSSR count). The molecule has 0 bridgehead atoms. The summed E-state index contributed by atoms with van der Waals surface area (Å²) in [6.07, 6.45) is 0.373. The molecule has 0 aliphatic heterocycles. The van der Waals surface area contributed by atoms with Gasteiger partial charge in [0.1, 0.15) is 11.6 Å². The zero-order valence-corrected chi connectivity index (χ0v) is 20.8. The molecule has 4 nitrogen and oxygen atoms in total. The predicted molar refractivity (Wildman–Crippen MR) is 142 cm³/mol. The van der Waals surface area contributed by atoms with Crippen LogP contribution in [0.25, 0.3) is 28.0 Å². The van der Waals surface area contributed by atoms with Gasteiger partial charge in [0.15, 0.2) is 6.30 Å². The number of methoxy groups -OCH3 is 1. The Labute approximate surface area is 210 Å². The summed E-state index contributed by atoms with van der Waals surface area (Å²) < 4.78 is 33.4. The molecule has 0 aromatic heterocycles. The van der Waals surface area contributed by atoms with E-state index < -0.39 is 6.30 Å². The molecule has 0 saturated heterocycles. The molecule has 0 spiro atoms. The minimum atomic E-state index is -1.22. The molecule has 3 aromatic rings. The van der Waals surface area contributed by atoms with E-state index in [1.807, 2.05) is 36.4 Å². The van der Waals surface area contributed by atoms with Crippen molar-refractivity contribution in [1.29, 1.82) is 0 Å². The lowest BCUT2D eigenvalue weighted by atomic mass is 9.80. The Balaban J connectivity index is 1.95. The predicted octanol–water partition coefficient (Wildman–Crippen LogP) is 6.83. The Morgan fingerprint density at radius 3 is 2.47 bits per heavy atom. The van der Waals surface area contributed by atoms with Crippen molar-refractivity contribution in [1.82, 2.24) is 5.32 Å². The van der Waals surface area contributed by atoms with Gasteiger partial charge in [-0.05, 0) is 77.4 Å². The molecule has 186 valence electrons. The number of ether oxygens (including phenoxy) is 1. The maximum atomic E-state index is 14.5. The Hall–Kier alpha value is -3.93. The molecule has 1 unspecified atom stereocenters. The number of carbonyl (C=O) groups is 1. The van der Waals surface area contributed by atoms with Crippen LogP contribution in [0.15, 0.2) is 67.2 Å². The molecule has 6 heteroatoms. The zero-order valence-electron chi connectivity index (χ0n) is 20.8. The van der Waals surface area contributed by atoms with Gasteiger partial charge >= 0.3 is 0 Å². The summed E-state index contributed by atoms with van der Waals surface area (Å²) in [5.74, 6) is -0.0320. The molecule has 36 heavy (non-hydrogen) atoms. The lowest BCUT2D eigenvalue weighted by molar-refractivity contribution is -0.115. The van der Waals surface area contributed by atoms with Crippen LogP contribution in [0.2, 0.25) is 0 Å². The van der Waals surface area contributed by atoms with Gasteiger partial charge in [-0.2, -0.15) is 0 Å². The van der Waals surface area contributed by atoms with Gasteiger partial charge in [0.25, 0.3) is 5.91 Å². The zero-order chi connectivity index (χ0) is 25.8. The number of anilines is 1. The van der Waals surface area contributed by atoms with Crippen LogP contribution in [0.1, 0.15) is 42.0 Å². The van der Waals surface area contributed by atoms with E-state index in [0.29, 0.717) is 36.3 Å². The van der Waals surface area contributed by atoms with E-state index in [0.717, 1.165) is 39.0 Å². The number of halogens is 2. The van der Waals surface area contributed by atoms with Gasteiger partial charge in [-0.1, -0.05) is 43.8 Å². The number of aryl methyl sites for hydroxylation is 1. The SMILES string of the molecule is C=C(OC)c1cccc(-c2cc3c(cc2NC(F)CC)CCC(c2ccc(F)cc2)=C3C(=O)NC)c1. The molecule has 0 saturated carbocycles. The Morgan fingerprint density at radius 2 is 1.81 bits per heavy atom. The van der Waals surface area contributed by atoms with E-state index in [9.17, 15) is 13.6 Å². The highest BCUT2D eigenvalue weighted by atomic mass is 19.1. The van der Waals surface area contributed by atoms with Crippen molar-refractivity contribution >= 4 is 28.5 Å². The van der Waals surface area contributed by atoms with E-state index in [4.69, 9.17) is 4.74 Å². The van der Waals surface area contributed by atoms with Crippen molar-refractivity contribution in [3.8, 4) is 11.1 Å². The lowest BCUT2D eigenvalue weighted by Crippen LogP contribution is -2.23. The topological polar surface area (TPSA) is 50.4 Å². The Bertz CT molecular complexity index is 1330. The minimum absolute atomic E-state index is 0.222. The maximum absolute atomic E-state index is 14.5. The van der Waals surface area contributed by atoms with Crippen LogP contribution in [0.4, 0.5) is 14.5 Å². The van der Waals surface area contributed by atoms with Crippen molar-refractivity contribution in [2.45, 2.75) is 32.5 Å². The summed E-state index contributed by atoms with van der Waals surface area (Å²) >= 11 is 0. The van der Waals surface area contributed by atoms with Gasteiger partial charge in [0, 0.05) is 23.9 Å². The van der Waals surface area contributed by atoms with Crippen molar-refractivity contribution in [2.24, 2.45) is 0 Å². The van der Waals surface area contributed by atoms with Gasteiger partial charge in [0.2, 0.25) is 0 Å². The van der Waals surface area contributed by atoms with Crippen molar-refractivity contribution in [3.05, 3.63) is 95.3 Å². The molecule has 0 heterocycles. The minimum Gasteiger partial charge on any atom is -0.497 e. The number of alkyl halides is 1. The van der Waals surface area contributed by atoms with Crippen LogP contribution >= 0.6 is 0 Å². The quantitative estimate of drug-likeness (QED) is 0.270. The third-order valence-corrected chi connectivity index (χ3v) is 6.52. The van der Waals surface area contributed by atoms with E-state index in [-0.39, 0.29) is 11.7 Å². The van der Waals surface area contributed by atoms with Crippen LogP contribution in [0, 0.1) is 5.82 Å². The van der Waals surface area contributed by atoms with Crippen molar-refractivity contribution in [2.75, 3.05) is 19.5 Å². The van der Waals surface area contributed by atoms with E-state index in [1.54, 1.807) is 33.2 Å². The molecule has 0 fully saturated rings. The summed E-state index contributed by atoms with van der Waals surface area (Å²) in [7, 11) is 3.16. The number of nitrogens with one attached hydrogen (secondary N) is 2. The van der Waals surface area contributed by atoms with E-state index in [1.165, 1.54) is 12.1 Å². The van der Waals surface area contributed by atoms with Crippen LogP contribution in [-0.2, 0) is 16.0 Å². The number of carbonyl (C=O) groups excluding carboxylic acids is 1. The number of rotatable bonds is 8. The third kappa shape index (κ3) is 5.03. The highest BCUT2D eigenvalue weighted by Gasteiger charge is 2.27. The molecule has 1 amide bonds. The second-order valence-electron chi connectivity index (χ2n) is 8.72. The fourth-order valence-corrected chi connectivity index (χ4v) is 4.56. The first-order valence-electron chi connectivity index (χ1n) is 12.0. The number of likely N-dealkylation sites (N-methyl/N-ethyl adjacent to an activating group) is 1. The second-order valence-corrected chi connectivity index (χ2v) is 8.72. The monoisotopic (exact) mass is 488 g/mol. The van der Waals surface area contributed by atoms with Crippen molar-refractivity contribution < 1.29 is 18.3 Å². The largest absolute Gasteiger partial charge is 0.497 e. The summed E-state index contributed by atoms with van der Waals surface area (Å²) in [6, 6.07) is 17.7. The van der Waals surface area contributed by atoms with Gasteiger partial charge in [0.05, 0.1) is 12.7 Å². The summed E-state index contributed by atoms with van der Waals surface area (Å²) in [5, 5.41) is 5.76. The van der Waals surface area contributed by atoms with Crippen LogP contribution in [0.5, 0.6) is 0 Å². The fraction of sp³-hybridized carbons (Fsp3) is 0.233. The molecule has 3 aromatic carbocycles. The first-order chi connectivity index (χ1) is 17.4. The number of hydrogen-bond donors (Lipinski definition) is 2. The second kappa shape index (κ2) is 10.8.